The number of hydrogen-bond donors (Lipinski definition) is 0. The molecule has 1 aliphatic carbocycles. The molecule has 1 fully saturated rings. The minimum Gasteiger partial charge on any atom is -0.461 e. The fourth-order valence-electron chi connectivity index (χ4n) is 3.14. The third-order valence-corrected chi connectivity index (χ3v) is 4.84. The van der Waals surface area contributed by atoms with Crippen LogP contribution in [0, 0.1) is 12.8 Å². The Morgan fingerprint density at radius 1 is 1.30 bits per heavy atom. The minimum atomic E-state index is -0.457. The van der Waals surface area contributed by atoms with E-state index in [0.29, 0.717) is 33.9 Å². The van der Waals surface area contributed by atoms with E-state index in [1.165, 1.54) is 18.9 Å². The summed E-state index contributed by atoms with van der Waals surface area (Å²) in [6.07, 6.45) is 5.04. The van der Waals surface area contributed by atoms with Gasteiger partial charge in [0.25, 0.3) is 0 Å². The number of hydrogen-bond acceptors (Lipinski definition) is 4. The van der Waals surface area contributed by atoms with Crippen molar-refractivity contribution >= 4 is 28.5 Å². The van der Waals surface area contributed by atoms with E-state index >= 15 is 0 Å². The van der Waals surface area contributed by atoms with Crippen molar-refractivity contribution < 1.29 is 13.9 Å². The highest BCUT2D eigenvalue weighted by molar-refractivity contribution is 6.32. The molecule has 0 amide bonds. The zero-order valence-electron chi connectivity index (χ0n) is 13.1. The first kappa shape index (κ1) is 16.1. The normalized spacial score (nSPS) is 15.2. The van der Waals surface area contributed by atoms with Gasteiger partial charge in [0, 0.05) is 28.5 Å². The molecule has 3 rings (SSSR count). The van der Waals surface area contributed by atoms with Crippen LogP contribution in [-0.4, -0.2) is 5.97 Å². The van der Waals surface area contributed by atoms with Crippen molar-refractivity contribution in [2.45, 2.75) is 45.6 Å². The Morgan fingerprint density at radius 3 is 2.78 bits per heavy atom. The van der Waals surface area contributed by atoms with Crippen molar-refractivity contribution in [1.29, 1.82) is 0 Å². The second kappa shape index (κ2) is 6.75. The standard InChI is InChI=1S/C18H19ClO4/c1-11-6-16-14(9-15(11)19)13(8-18(21)23-16)10-22-17(20)7-12-4-2-3-5-12/h6,8-9,12H,2-5,7,10H2,1H3. The minimum absolute atomic E-state index is 0.0625. The van der Waals surface area contributed by atoms with Crippen molar-refractivity contribution in [3.63, 3.8) is 0 Å². The van der Waals surface area contributed by atoms with Crippen LogP contribution in [0.4, 0.5) is 0 Å². The average Bonchev–Trinajstić information content (AvgIpc) is 2.99. The number of fused-ring (bicyclic) bond motifs is 1. The summed E-state index contributed by atoms with van der Waals surface area (Å²) in [6, 6.07) is 4.83. The van der Waals surface area contributed by atoms with Gasteiger partial charge in [0.1, 0.15) is 12.2 Å². The van der Waals surface area contributed by atoms with Gasteiger partial charge in [-0.3, -0.25) is 4.79 Å². The topological polar surface area (TPSA) is 56.5 Å². The Labute approximate surface area is 139 Å². The van der Waals surface area contributed by atoms with Gasteiger partial charge in [-0.05, 0) is 43.4 Å². The molecule has 0 radical (unpaired) electrons. The molecular weight excluding hydrogens is 316 g/mol. The zero-order chi connectivity index (χ0) is 16.4. The Hall–Kier alpha value is -1.81. The van der Waals surface area contributed by atoms with E-state index in [0.717, 1.165) is 18.4 Å². The summed E-state index contributed by atoms with van der Waals surface area (Å²) >= 11 is 6.15. The lowest BCUT2D eigenvalue weighted by Gasteiger charge is -2.10. The highest BCUT2D eigenvalue weighted by Crippen LogP contribution is 2.28. The summed E-state index contributed by atoms with van der Waals surface area (Å²) in [4.78, 5) is 23.6. The van der Waals surface area contributed by atoms with Gasteiger partial charge in [0.2, 0.25) is 0 Å². The van der Waals surface area contributed by atoms with Gasteiger partial charge in [0.15, 0.2) is 0 Å². The number of aryl methyl sites for hydroxylation is 1. The molecule has 0 spiro atoms. The summed E-state index contributed by atoms with van der Waals surface area (Å²) in [5, 5.41) is 1.29. The lowest BCUT2D eigenvalue weighted by Crippen LogP contribution is -2.11. The predicted molar refractivity (Wildman–Crippen MR) is 88.6 cm³/mol. The van der Waals surface area contributed by atoms with Gasteiger partial charge in [0.05, 0.1) is 0 Å². The number of carbonyl (C=O) groups is 1. The van der Waals surface area contributed by atoms with Gasteiger partial charge < -0.3 is 9.15 Å². The van der Waals surface area contributed by atoms with E-state index in [1.54, 1.807) is 12.1 Å². The predicted octanol–water partition coefficient (Wildman–Crippen LogP) is 4.38. The Morgan fingerprint density at radius 2 is 2.04 bits per heavy atom. The van der Waals surface area contributed by atoms with Crippen molar-refractivity contribution in [2.75, 3.05) is 0 Å². The molecule has 1 aromatic carbocycles. The molecule has 2 aromatic rings. The van der Waals surface area contributed by atoms with Gasteiger partial charge in [-0.25, -0.2) is 4.79 Å². The van der Waals surface area contributed by atoms with Crippen LogP contribution in [0.3, 0.4) is 0 Å². The van der Waals surface area contributed by atoms with Crippen LogP contribution in [0.15, 0.2) is 27.4 Å². The van der Waals surface area contributed by atoms with Gasteiger partial charge in [-0.1, -0.05) is 24.4 Å². The third-order valence-electron chi connectivity index (χ3n) is 4.43. The van der Waals surface area contributed by atoms with E-state index in [2.05, 4.69) is 0 Å². The van der Waals surface area contributed by atoms with Crippen molar-refractivity contribution in [2.24, 2.45) is 5.92 Å². The van der Waals surface area contributed by atoms with E-state index in [1.807, 2.05) is 6.92 Å². The molecule has 122 valence electrons. The van der Waals surface area contributed by atoms with Crippen LogP contribution in [0.25, 0.3) is 11.0 Å². The number of carbonyl (C=O) groups excluding carboxylic acids is 1. The van der Waals surface area contributed by atoms with E-state index in [9.17, 15) is 9.59 Å². The van der Waals surface area contributed by atoms with Crippen LogP contribution in [0.2, 0.25) is 5.02 Å². The SMILES string of the molecule is Cc1cc2oc(=O)cc(COC(=O)CC3CCCC3)c2cc1Cl. The van der Waals surface area contributed by atoms with Crippen molar-refractivity contribution in [3.05, 3.63) is 44.8 Å². The number of halogens is 1. The maximum Gasteiger partial charge on any atom is 0.336 e. The van der Waals surface area contributed by atoms with Gasteiger partial charge in [-0.2, -0.15) is 0 Å². The first-order chi connectivity index (χ1) is 11.0. The summed E-state index contributed by atoms with van der Waals surface area (Å²) < 4.78 is 10.6. The molecular formula is C18H19ClO4. The molecule has 1 aromatic heterocycles. The summed E-state index contributed by atoms with van der Waals surface area (Å²) in [5.74, 6) is 0.230. The number of ether oxygens (including phenoxy) is 1. The second-order valence-corrected chi connectivity index (χ2v) is 6.61. The first-order valence-electron chi connectivity index (χ1n) is 7.91. The second-order valence-electron chi connectivity index (χ2n) is 6.20. The van der Waals surface area contributed by atoms with E-state index in [4.69, 9.17) is 20.8 Å². The van der Waals surface area contributed by atoms with E-state index < -0.39 is 5.63 Å². The lowest BCUT2D eigenvalue weighted by atomic mass is 10.0. The molecule has 0 N–H and O–H groups in total. The molecule has 0 unspecified atom stereocenters. The van der Waals surface area contributed by atoms with Gasteiger partial charge >= 0.3 is 11.6 Å². The zero-order valence-corrected chi connectivity index (χ0v) is 13.8. The fraction of sp³-hybridized carbons (Fsp3) is 0.444. The molecule has 4 nitrogen and oxygen atoms in total. The molecule has 0 atom stereocenters. The molecule has 5 heteroatoms. The maximum atomic E-state index is 12.0. The van der Waals surface area contributed by atoms with Gasteiger partial charge in [-0.15, -0.1) is 0 Å². The Kier molecular flexibility index (Phi) is 4.71. The molecule has 1 aliphatic rings. The van der Waals surface area contributed by atoms with Crippen molar-refractivity contribution in [1.82, 2.24) is 0 Å². The maximum absolute atomic E-state index is 12.0. The highest BCUT2D eigenvalue weighted by Gasteiger charge is 2.19. The van der Waals surface area contributed by atoms with Crippen LogP contribution >= 0.6 is 11.6 Å². The smallest absolute Gasteiger partial charge is 0.336 e. The average molecular weight is 335 g/mol. The summed E-state index contributed by atoms with van der Waals surface area (Å²) in [5.41, 5.74) is 1.46. The lowest BCUT2D eigenvalue weighted by molar-refractivity contribution is -0.146. The third kappa shape index (κ3) is 3.75. The number of esters is 1. The summed E-state index contributed by atoms with van der Waals surface area (Å²) in [6.45, 7) is 1.91. The molecule has 23 heavy (non-hydrogen) atoms. The summed E-state index contributed by atoms with van der Waals surface area (Å²) in [7, 11) is 0. The highest BCUT2D eigenvalue weighted by atomic mass is 35.5. The molecule has 0 aliphatic heterocycles. The monoisotopic (exact) mass is 334 g/mol. The largest absolute Gasteiger partial charge is 0.461 e. The molecule has 1 saturated carbocycles. The van der Waals surface area contributed by atoms with E-state index in [-0.39, 0.29) is 12.6 Å². The van der Waals surface area contributed by atoms with Crippen LogP contribution in [0.1, 0.15) is 43.2 Å². The quantitative estimate of drug-likeness (QED) is 0.615. The van der Waals surface area contributed by atoms with Crippen molar-refractivity contribution in [3.8, 4) is 0 Å². The Balaban J connectivity index is 1.77. The number of rotatable bonds is 4. The number of benzene rings is 1. The van der Waals surface area contributed by atoms with Crippen LogP contribution in [0.5, 0.6) is 0 Å². The molecule has 1 heterocycles. The van der Waals surface area contributed by atoms with Crippen LogP contribution in [-0.2, 0) is 16.1 Å². The fourth-order valence-corrected chi connectivity index (χ4v) is 3.30. The first-order valence-corrected chi connectivity index (χ1v) is 8.29. The molecule has 0 saturated heterocycles. The molecule has 0 bridgehead atoms. The van der Waals surface area contributed by atoms with Crippen LogP contribution < -0.4 is 5.63 Å². The Bertz CT molecular complexity index is 787.